The van der Waals surface area contributed by atoms with E-state index in [1.54, 1.807) is 13.0 Å². The van der Waals surface area contributed by atoms with Crippen molar-refractivity contribution >= 4 is 35.2 Å². The normalized spacial score (nSPS) is 15.1. The first-order chi connectivity index (χ1) is 17.2. The van der Waals surface area contributed by atoms with E-state index in [2.05, 4.69) is 41.2 Å². The van der Waals surface area contributed by atoms with Crippen LogP contribution in [0.1, 0.15) is 59.8 Å². The van der Waals surface area contributed by atoms with Crippen LogP contribution in [0, 0.1) is 12.8 Å². The number of rotatable bonds is 10. The van der Waals surface area contributed by atoms with Crippen molar-refractivity contribution in [2.45, 2.75) is 52.1 Å². The summed E-state index contributed by atoms with van der Waals surface area (Å²) in [6.45, 7) is 6.62. The maximum absolute atomic E-state index is 13.2. The molecule has 1 aliphatic carbocycles. The third kappa shape index (κ3) is 6.91. The number of hydrogen-bond donors (Lipinski definition) is 4. The number of hydrogen-bond acceptors (Lipinski definition) is 5. The van der Waals surface area contributed by atoms with Crippen molar-refractivity contribution in [1.82, 2.24) is 16.0 Å². The van der Waals surface area contributed by atoms with E-state index in [1.807, 2.05) is 24.3 Å². The molecule has 0 saturated heterocycles. The zero-order chi connectivity index (χ0) is 26.2. The topological polar surface area (TPSA) is 109 Å². The van der Waals surface area contributed by atoms with Gasteiger partial charge in [0.25, 0.3) is 5.91 Å². The lowest BCUT2D eigenvalue weighted by Crippen LogP contribution is -2.51. The largest absolute Gasteiger partial charge is 0.467 e. The summed E-state index contributed by atoms with van der Waals surface area (Å²) >= 11 is 6.57. The Bertz CT molecular complexity index is 1110. The highest BCUT2D eigenvalue weighted by Crippen LogP contribution is 2.31. The minimum absolute atomic E-state index is 0.0974. The summed E-state index contributed by atoms with van der Waals surface area (Å²) in [7, 11) is 1.23. The molecule has 4 N–H and O–H groups in total. The molecular formula is C27H35ClN4O4. The molecule has 0 aliphatic heterocycles. The number of esters is 1. The van der Waals surface area contributed by atoms with Gasteiger partial charge in [-0.05, 0) is 54.9 Å². The van der Waals surface area contributed by atoms with Crippen LogP contribution in [0.4, 0.5) is 10.5 Å². The van der Waals surface area contributed by atoms with Crippen molar-refractivity contribution in [3.8, 4) is 0 Å². The van der Waals surface area contributed by atoms with E-state index in [1.165, 1.54) is 12.7 Å². The van der Waals surface area contributed by atoms with Crippen LogP contribution in [-0.2, 0) is 16.0 Å². The highest BCUT2D eigenvalue weighted by molar-refractivity contribution is 6.36. The number of urea groups is 1. The Hall–Kier alpha value is -3.26. The lowest BCUT2D eigenvalue weighted by Gasteiger charge is -2.20. The first kappa shape index (κ1) is 27.3. The highest BCUT2D eigenvalue weighted by Gasteiger charge is 2.27. The molecule has 8 nitrogen and oxygen atoms in total. The van der Waals surface area contributed by atoms with Crippen molar-refractivity contribution in [2.75, 3.05) is 25.5 Å². The van der Waals surface area contributed by atoms with Gasteiger partial charge in [-0.25, -0.2) is 9.59 Å². The fraction of sp³-hybridized carbons (Fsp3) is 0.444. The van der Waals surface area contributed by atoms with Crippen LogP contribution in [0.2, 0.25) is 5.02 Å². The molecule has 2 aromatic rings. The van der Waals surface area contributed by atoms with E-state index in [-0.39, 0.29) is 23.2 Å². The van der Waals surface area contributed by atoms with Crippen molar-refractivity contribution in [1.29, 1.82) is 0 Å². The van der Waals surface area contributed by atoms with Crippen LogP contribution in [0.3, 0.4) is 0 Å². The Balaban J connectivity index is 1.64. The van der Waals surface area contributed by atoms with Crippen LogP contribution in [0.15, 0.2) is 36.4 Å². The Kier molecular flexibility index (Phi) is 9.58. The molecule has 3 amide bonds. The monoisotopic (exact) mass is 514 g/mol. The predicted octanol–water partition coefficient (Wildman–Crippen LogP) is 4.36. The quantitative estimate of drug-likeness (QED) is 0.352. The molecule has 2 aromatic carbocycles. The van der Waals surface area contributed by atoms with E-state index in [9.17, 15) is 14.4 Å². The molecule has 0 heterocycles. The van der Waals surface area contributed by atoms with Gasteiger partial charge in [-0.1, -0.05) is 55.8 Å². The average Bonchev–Trinajstić information content (AvgIpc) is 3.25. The summed E-state index contributed by atoms with van der Waals surface area (Å²) in [4.78, 5) is 38.1. The molecule has 194 valence electrons. The van der Waals surface area contributed by atoms with Crippen LogP contribution in [-0.4, -0.2) is 44.1 Å². The van der Waals surface area contributed by atoms with E-state index >= 15 is 0 Å². The molecule has 36 heavy (non-hydrogen) atoms. The SMILES string of the molecule is COC(=O)[C@H](CNC(=O)NC1CCc2ccccc21)NC(=O)c1c(C)ccc(NCCC(C)C)c1Cl. The van der Waals surface area contributed by atoms with Gasteiger partial charge in [-0.15, -0.1) is 0 Å². The molecule has 0 saturated carbocycles. The molecule has 0 aromatic heterocycles. The van der Waals surface area contributed by atoms with E-state index in [0.29, 0.717) is 17.2 Å². The van der Waals surface area contributed by atoms with Gasteiger partial charge in [-0.3, -0.25) is 4.79 Å². The Morgan fingerprint density at radius 1 is 1.14 bits per heavy atom. The maximum Gasteiger partial charge on any atom is 0.330 e. The molecule has 0 spiro atoms. The summed E-state index contributed by atoms with van der Waals surface area (Å²) in [5, 5.41) is 11.8. The molecule has 0 bridgehead atoms. The second kappa shape index (κ2) is 12.6. The highest BCUT2D eigenvalue weighted by atomic mass is 35.5. The van der Waals surface area contributed by atoms with Crippen molar-refractivity contribution < 1.29 is 19.1 Å². The number of carbonyl (C=O) groups excluding carboxylic acids is 3. The van der Waals surface area contributed by atoms with Gasteiger partial charge in [0.1, 0.15) is 6.04 Å². The van der Waals surface area contributed by atoms with E-state index < -0.39 is 23.9 Å². The number of nitrogens with one attached hydrogen (secondary N) is 4. The minimum Gasteiger partial charge on any atom is -0.467 e. The van der Waals surface area contributed by atoms with Crippen LogP contribution < -0.4 is 21.3 Å². The second-order valence-corrected chi connectivity index (χ2v) is 9.80. The molecule has 1 aliphatic rings. The molecule has 0 fully saturated rings. The third-order valence-electron chi connectivity index (χ3n) is 6.31. The van der Waals surface area contributed by atoms with Crippen LogP contribution in [0.25, 0.3) is 0 Å². The Labute approximate surface area is 217 Å². The summed E-state index contributed by atoms with van der Waals surface area (Å²) in [6, 6.07) is 10.0. The second-order valence-electron chi connectivity index (χ2n) is 9.42. The average molecular weight is 515 g/mol. The summed E-state index contributed by atoms with van der Waals surface area (Å²) in [5.74, 6) is -0.666. The Morgan fingerprint density at radius 2 is 1.89 bits per heavy atom. The number of ether oxygens (including phenoxy) is 1. The zero-order valence-electron chi connectivity index (χ0n) is 21.2. The van der Waals surface area contributed by atoms with Gasteiger partial charge in [-0.2, -0.15) is 0 Å². The number of halogens is 1. The number of methoxy groups -OCH3 is 1. The summed E-state index contributed by atoms with van der Waals surface area (Å²) in [6.07, 6.45) is 2.66. The van der Waals surface area contributed by atoms with E-state index in [0.717, 1.165) is 31.4 Å². The number of aryl methyl sites for hydroxylation is 2. The lowest BCUT2D eigenvalue weighted by molar-refractivity contribution is -0.142. The third-order valence-corrected chi connectivity index (χ3v) is 6.70. The molecule has 1 unspecified atom stereocenters. The standard InChI is InChI=1S/C27H35ClN4O4/c1-16(2)13-14-29-21-11-9-17(3)23(24(21)28)25(33)31-22(26(34)36-4)15-30-27(35)32-20-12-10-18-7-5-6-8-19(18)20/h5-9,11,16,20,22,29H,10,12-15H2,1-4H3,(H,31,33)(H2,30,32,35)/t20?,22-/m0/s1. The van der Waals surface area contributed by atoms with E-state index in [4.69, 9.17) is 16.3 Å². The van der Waals surface area contributed by atoms with Gasteiger partial charge in [0, 0.05) is 6.54 Å². The number of carbonyl (C=O) groups is 3. The smallest absolute Gasteiger partial charge is 0.330 e. The van der Waals surface area contributed by atoms with Crippen molar-refractivity contribution in [3.05, 3.63) is 63.7 Å². The number of amides is 3. The fourth-order valence-electron chi connectivity index (χ4n) is 4.26. The first-order valence-corrected chi connectivity index (χ1v) is 12.6. The molecule has 2 atom stereocenters. The van der Waals surface area contributed by atoms with Crippen LogP contribution in [0.5, 0.6) is 0 Å². The number of anilines is 1. The summed E-state index contributed by atoms with van der Waals surface area (Å²) in [5.41, 5.74) is 3.90. The van der Waals surface area contributed by atoms with Crippen LogP contribution >= 0.6 is 11.6 Å². The van der Waals surface area contributed by atoms with Crippen molar-refractivity contribution in [2.24, 2.45) is 5.92 Å². The van der Waals surface area contributed by atoms with Gasteiger partial charge in [0.15, 0.2) is 0 Å². The van der Waals surface area contributed by atoms with Gasteiger partial charge < -0.3 is 26.0 Å². The molecule has 9 heteroatoms. The minimum atomic E-state index is -1.09. The maximum atomic E-state index is 13.2. The van der Waals surface area contributed by atoms with Gasteiger partial charge in [0.2, 0.25) is 0 Å². The summed E-state index contributed by atoms with van der Waals surface area (Å²) < 4.78 is 4.85. The fourth-order valence-corrected chi connectivity index (χ4v) is 4.63. The molecule has 0 radical (unpaired) electrons. The van der Waals surface area contributed by atoms with Gasteiger partial charge in [0.05, 0.1) is 36.0 Å². The number of fused-ring (bicyclic) bond motifs is 1. The van der Waals surface area contributed by atoms with Crippen molar-refractivity contribution in [3.63, 3.8) is 0 Å². The lowest BCUT2D eigenvalue weighted by atomic mass is 10.1. The molecular weight excluding hydrogens is 480 g/mol. The van der Waals surface area contributed by atoms with Gasteiger partial charge >= 0.3 is 12.0 Å². The first-order valence-electron chi connectivity index (χ1n) is 12.2. The number of benzene rings is 2. The zero-order valence-corrected chi connectivity index (χ0v) is 22.0. The predicted molar refractivity (Wildman–Crippen MR) is 141 cm³/mol. The molecule has 3 rings (SSSR count). The Morgan fingerprint density at radius 3 is 2.61 bits per heavy atom.